The molecule has 4 nitrogen and oxygen atoms in total. The zero-order chi connectivity index (χ0) is 13.8. The van der Waals surface area contributed by atoms with Crippen molar-refractivity contribution < 1.29 is 0 Å². The maximum Gasteiger partial charge on any atom is 0.0828 e. The van der Waals surface area contributed by atoms with E-state index in [1.54, 1.807) is 0 Å². The van der Waals surface area contributed by atoms with Crippen molar-refractivity contribution in [3.63, 3.8) is 0 Å². The van der Waals surface area contributed by atoms with Gasteiger partial charge in [-0.05, 0) is 25.8 Å². The second-order valence-electron chi connectivity index (χ2n) is 4.64. The van der Waals surface area contributed by atoms with Gasteiger partial charge in [0.15, 0.2) is 0 Å². The van der Waals surface area contributed by atoms with Crippen molar-refractivity contribution in [1.82, 2.24) is 19.6 Å². The SMILES string of the molecule is CCc1cc(Cn2cc(C(Cl)CC)cn2)n(CC)n1. The van der Waals surface area contributed by atoms with Crippen LogP contribution in [0.1, 0.15) is 49.5 Å². The lowest BCUT2D eigenvalue weighted by atomic mass is 10.2. The minimum atomic E-state index is 0.0519. The summed E-state index contributed by atoms with van der Waals surface area (Å²) in [4.78, 5) is 0. The topological polar surface area (TPSA) is 35.6 Å². The van der Waals surface area contributed by atoms with Gasteiger partial charge in [-0.2, -0.15) is 10.2 Å². The molecule has 104 valence electrons. The first kappa shape index (κ1) is 14.1. The summed E-state index contributed by atoms with van der Waals surface area (Å²) >= 11 is 6.22. The van der Waals surface area contributed by atoms with Crippen LogP contribution in [0.3, 0.4) is 0 Å². The van der Waals surface area contributed by atoms with E-state index in [1.165, 1.54) is 5.69 Å². The van der Waals surface area contributed by atoms with Gasteiger partial charge < -0.3 is 0 Å². The molecule has 5 heteroatoms. The molecular weight excluding hydrogens is 260 g/mol. The van der Waals surface area contributed by atoms with Crippen molar-refractivity contribution in [2.45, 2.75) is 52.1 Å². The fraction of sp³-hybridized carbons (Fsp3) is 0.571. The Morgan fingerprint density at radius 1 is 1.32 bits per heavy atom. The zero-order valence-corrected chi connectivity index (χ0v) is 12.6. The summed E-state index contributed by atoms with van der Waals surface area (Å²) in [5, 5.41) is 8.98. The predicted molar refractivity (Wildman–Crippen MR) is 77.5 cm³/mol. The number of aromatic nitrogens is 4. The molecule has 1 atom stereocenters. The van der Waals surface area contributed by atoms with Crippen LogP contribution in [0.4, 0.5) is 0 Å². The lowest BCUT2D eigenvalue weighted by molar-refractivity contribution is 0.573. The molecule has 0 saturated heterocycles. The molecule has 0 aliphatic carbocycles. The van der Waals surface area contributed by atoms with Crippen LogP contribution < -0.4 is 0 Å². The highest BCUT2D eigenvalue weighted by molar-refractivity contribution is 6.20. The Morgan fingerprint density at radius 2 is 2.11 bits per heavy atom. The summed E-state index contributed by atoms with van der Waals surface area (Å²) in [6.07, 6.45) is 5.76. The summed E-state index contributed by atoms with van der Waals surface area (Å²) in [6.45, 7) is 7.94. The van der Waals surface area contributed by atoms with Gasteiger partial charge in [0.2, 0.25) is 0 Å². The first-order valence-electron chi connectivity index (χ1n) is 6.89. The van der Waals surface area contributed by atoms with Gasteiger partial charge in [0, 0.05) is 18.3 Å². The first-order valence-corrected chi connectivity index (χ1v) is 7.33. The van der Waals surface area contributed by atoms with E-state index in [0.717, 1.165) is 37.2 Å². The number of nitrogens with zero attached hydrogens (tertiary/aromatic N) is 4. The van der Waals surface area contributed by atoms with E-state index >= 15 is 0 Å². The standard InChI is InChI=1S/C14H21ClN4/c1-4-12-7-13(19(6-3)17-12)10-18-9-11(8-16-18)14(15)5-2/h7-9,14H,4-6,10H2,1-3H3. The fourth-order valence-electron chi connectivity index (χ4n) is 2.12. The minimum absolute atomic E-state index is 0.0519. The molecule has 0 aliphatic heterocycles. The Balaban J connectivity index is 2.16. The van der Waals surface area contributed by atoms with E-state index in [0.29, 0.717) is 0 Å². The molecule has 0 bridgehead atoms. The number of hydrogen-bond donors (Lipinski definition) is 0. The largest absolute Gasteiger partial charge is 0.268 e. The maximum absolute atomic E-state index is 6.22. The summed E-state index contributed by atoms with van der Waals surface area (Å²) in [5.74, 6) is 0. The van der Waals surface area contributed by atoms with Crippen LogP contribution in [-0.2, 0) is 19.5 Å². The van der Waals surface area contributed by atoms with Crippen LogP contribution in [-0.4, -0.2) is 19.6 Å². The van der Waals surface area contributed by atoms with E-state index in [9.17, 15) is 0 Å². The number of alkyl halides is 1. The maximum atomic E-state index is 6.22. The molecule has 2 heterocycles. The van der Waals surface area contributed by atoms with Crippen molar-refractivity contribution >= 4 is 11.6 Å². The van der Waals surface area contributed by atoms with E-state index in [4.69, 9.17) is 11.6 Å². The molecule has 0 fully saturated rings. The Morgan fingerprint density at radius 3 is 2.74 bits per heavy atom. The van der Waals surface area contributed by atoms with Crippen LogP contribution in [0.15, 0.2) is 18.5 Å². The summed E-state index contributed by atoms with van der Waals surface area (Å²) in [5.41, 5.74) is 3.41. The first-order chi connectivity index (χ1) is 9.17. The summed E-state index contributed by atoms with van der Waals surface area (Å²) in [6, 6.07) is 2.16. The average molecular weight is 281 g/mol. The third-order valence-electron chi connectivity index (χ3n) is 3.27. The van der Waals surface area contributed by atoms with Crippen molar-refractivity contribution in [1.29, 1.82) is 0 Å². The number of halogens is 1. The summed E-state index contributed by atoms with van der Waals surface area (Å²) in [7, 11) is 0. The highest BCUT2D eigenvalue weighted by atomic mass is 35.5. The molecule has 0 aliphatic rings. The predicted octanol–water partition coefficient (Wildman–Crippen LogP) is 3.40. The normalized spacial score (nSPS) is 12.8. The lowest BCUT2D eigenvalue weighted by Crippen LogP contribution is -2.08. The second kappa shape index (κ2) is 6.24. The molecule has 0 amide bonds. The van der Waals surface area contributed by atoms with E-state index in [1.807, 2.05) is 21.8 Å². The number of hydrogen-bond acceptors (Lipinski definition) is 2. The lowest BCUT2D eigenvalue weighted by Gasteiger charge is -2.05. The molecule has 0 radical (unpaired) electrons. The van der Waals surface area contributed by atoms with E-state index < -0.39 is 0 Å². The van der Waals surface area contributed by atoms with Crippen LogP contribution in [0.5, 0.6) is 0 Å². The third kappa shape index (κ3) is 3.18. The third-order valence-corrected chi connectivity index (χ3v) is 3.83. The molecule has 0 N–H and O–H groups in total. The van der Waals surface area contributed by atoms with Crippen molar-refractivity contribution in [3.05, 3.63) is 35.4 Å². The minimum Gasteiger partial charge on any atom is -0.268 e. The average Bonchev–Trinajstić information content (AvgIpc) is 3.05. The molecule has 2 rings (SSSR count). The highest BCUT2D eigenvalue weighted by Gasteiger charge is 2.10. The molecule has 0 saturated carbocycles. The monoisotopic (exact) mass is 280 g/mol. The smallest absolute Gasteiger partial charge is 0.0828 e. The Kier molecular flexibility index (Phi) is 4.64. The van der Waals surface area contributed by atoms with Gasteiger partial charge in [-0.25, -0.2) is 0 Å². The van der Waals surface area contributed by atoms with Gasteiger partial charge in [-0.1, -0.05) is 13.8 Å². The van der Waals surface area contributed by atoms with Gasteiger partial charge in [-0.3, -0.25) is 9.36 Å². The molecule has 1 unspecified atom stereocenters. The Bertz CT molecular complexity index is 529. The van der Waals surface area contributed by atoms with Crippen LogP contribution in [0.2, 0.25) is 0 Å². The second-order valence-corrected chi connectivity index (χ2v) is 5.17. The van der Waals surface area contributed by atoms with Crippen LogP contribution >= 0.6 is 11.6 Å². The Hall–Kier alpha value is -1.29. The Labute approximate surface area is 119 Å². The van der Waals surface area contributed by atoms with Crippen LogP contribution in [0, 0.1) is 0 Å². The molecule has 0 aromatic carbocycles. The molecule has 19 heavy (non-hydrogen) atoms. The molecule has 2 aromatic rings. The molecule has 2 aromatic heterocycles. The van der Waals surface area contributed by atoms with Crippen molar-refractivity contribution in [3.8, 4) is 0 Å². The number of rotatable bonds is 6. The zero-order valence-electron chi connectivity index (χ0n) is 11.8. The molecular formula is C14H21ClN4. The van der Waals surface area contributed by atoms with Crippen LogP contribution in [0.25, 0.3) is 0 Å². The highest BCUT2D eigenvalue weighted by Crippen LogP contribution is 2.23. The van der Waals surface area contributed by atoms with E-state index in [-0.39, 0.29) is 5.38 Å². The van der Waals surface area contributed by atoms with Gasteiger partial charge in [0.25, 0.3) is 0 Å². The molecule has 0 spiro atoms. The van der Waals surface area contributed by atoms with E-state index in [2.05, 4.69) is 37.0 Å². The van der Waals surface area contributed by atoms with Gasteiger partial charge in [-0.15, -0.1) is 11.6 Å². The quantitative estimate of drug-likeness (QED) is 0.760. The van der Waals surface area contributed by atoms with Gasteiger partial charge in [0.1, 0.15) is 0 Å². The van der Waals surface area contributed by atoms with Crippen molar-refractivity contribution in [2.75, 3.05) is 0 Å². The number of aryl methyl sites for hydroxylation is 2. The van der Waals surface area contributed by atoms with Gasteiger partial charge >= 0.3 is 0 Å². The summed E-state index contributed by atoms with van der Waals surface area (Å²) < 4.78 is 3.97. The fourth-order valence-corrected chi connectivity index (χ4v) is 2.23. The van der Waals surface area contributed by atoms with Gasteiger partial charge in [0.05, 0.1) is 29.5 Å². The van der Waals surface area contributed by atoms with Crippen molar-refractivity contribution in [2.24, 2.45) is 0 Å².